The number of likely N-dealkylation sites (N-methyl/N-ethyl adjacent to an activating group) is 1. The molecule has 0 fully saturated rings. The second kappa shape index (κ2) is 9.67. The zero-order valence-corrected chi connectivity index (χ0v) is 16.9. The number of ether oxygens (including phenoxy) is 1. The molecule has 140 valence electrons. The average Bonchev–Trinajstić information content (AvgIpc) is 2.62. The molecule has 1 N–H and O–H groups in total. The predicted molar refractivity (Wildman–Crippen MR) is 98.9 cm³/mol. The van der Waals surface area contributed by atoms with Crippen LogP contribution in [0.5, 0.6) is 0 Å². The van der Waals surface area contributed by atoms with Gasteiger partial charge in [0.2, 0.25) is 5.60 Å². The number of halogens is 1. The third kappa shape index (κ3) is 5.27. The van der Waals surface area contributed by atoms with Gasteiger partial charge in [0.15, 0.2) is 0 Å². The fraction of sp³-hybridized carbons (Fsp3) is 0.286. The minimum atomic E-state index is -1.82. The SMILES string of the molecule is C=CC[N+](C)(C)CCOC(=O)C(O)(c1ccccc1)c1ccccc1.[Br-]. The summed E-state index contributed by atoms with van der Waals surface area (Å²) in [6.45, 7) is 5.38. The van der Waals surface area contributed by atoms with Crippen LogP contribution in [0.25, 0.3) is 0 Å². The molecule has 0 atom stereocenters. The molecule has 4 nitrogen and oxygen atoms in total. The highest BCUT2D eigenvalue weighted by Crippen LogP contribution is 2.31. The number of quaternary nitrogens is 1. The van der Waals surface area contributed by atoms with Crippen molar-refractivity contribution in [3.8, 4) is 0 Å². The third-order valence-corrected chi connectivity index (χ3v) is 4.23. The Labute approximate surface area is 166 Å². The highest BCUT2D eigenvalue weighted by atomic mass is 79.9. The summed E-state index contributed by atoms with van der Waals surface area (Å²) in [7, 11) is 4.08. The van der Waals surface area contributed by atoms with E-state index in [9.17, 15) is 9.90 Å². The van der Waals surface area contributed by atoms with Gasteiger partial charge in [0.1, 0.15) is 13.2 Å². The molecule has 26 heavy (non-hydrogen) atoms. The van der Waals surface area contributed by atoms with Crippen molar-refractivity contribution in [2.75, 3.05) is 33.8 Å². The molecule has 0 amide bonds. The Hall–Kier alpha value is -1.95. The van der Waals surface area contributed by atoms with Gasteiger partial charge in [0, 0.05) is 0 Å². The van der Waals surface area contributed by atoms with Gasteiger partial charge in [-0.1, -0.05) is 67.2 Å². The number of benzene rings is 2. The van der Waals surface area contributed by atoms with Crippen LogP contribution in [0.3, 0.4) is 0 Å². The molecular formula is C21H26BrNO3. The highest BCUT2D eigenvalue weighted by Gasteiger charge is 2.41. The summed E-state index contributed by atoms with van der Waals surface area (Å²) in [5.41, 5.74) is -0.838. The summed E-state index contributed by atoms with van der Waals surface area (Å²) in [5.74, 6) is -0.663. The van der Waals surface area contributed by atoms with Gasteiger partial charge in [-0.15, -0.1) is 0 Å². The normalized spacial score (nSPS) is 11.3. The van der Waals surface area contributed by atoms with Gasteiger partial charge >= 0.3 is 5.97 Å². The maximum absolute atomic E-state index is 12.8. The van der Waals surface area contributed by atoms with Gasteiger partial charge in [-0.2, -0.15) is 0 Å². The van der Waals surface area contributed by atoms with Crippen LogP contribution in [-0.4, -0.2) is 49.4 Å². The first-order valence-electron chi connectivity index (χ1n) is 8.34. The van der Waals surface area contributed by atoms with E-state index in [2.05, 4.69) is 6.58 Å². The Morgan fingerprint density at radius 3 is 1.96 bits per heavy atom. The number of hydrogen-bond donors (Lipinski definition) is 1. The summed E-state index contributed by atoms with van der Waals surface area (Å²) >= 11 is 0. The number of aliphatic hydroxyl groups is 1. The second-order valence-corrected chi connectivity index (χ2v) is 6.71. The zero-order chi connectivity index (χ0) is 18.3. The minimum absolute atomic E-state index is 0. The van der Waals surface area contributed by atoms with E-state index in [1.807, 2.05) is 32.3 Å². The van der Waals surface area contributed by atoms with Gasteiger partial charge in [0.05, 0.1) is 20.6 Å². The van der Waals surface area contributed by atoms with Crippen LogP contribution in [0.4, 0.5) is 0 Å². The molecule has 5 heteroatoms. The lowest BCUT2D eigenvalue weighted by atomic mass is 9.86. The number of carbonyl (C=O) groups is 1. The third-order valence-electron chi connectivity index (χ3n) is 4.23. The van der Waals surface area contributed by atoms with Gasteiger partial charge in [-0.05, 0) is 17.2 Å². The maximum atomic E-state index is 12.8. The molecule has 0 saturated heterocycles. The summed E-state index contributed by atoms with van der Waals surface area (Å²) in [5, 5.41) is 11.3. The van der Waals surface area contributed by atoms with Crippen LogP contribution in [-0.2, 0) is 15.1 Å². The monoisotopic (exact) mass is 419 g/mol. The van der Waals surface area contributed by atoms with Crippen LogP contribution in [0.2, 0.25) is 0 Å². The number of rotatable bonds is 8. The van der Waals surface area contributed by atoms with Gasteiger partial charge < -0.3 is 31.3 Å². The lowest BCUT2D eigenvalue weighted by Crippen LogP contribution is -3.00. The van der Waals surface area contributed by atoms with Gasteiger partial charge in [-0.3, -0.25) is 0 Å². The largest absolute Gasteiger partial charge is 1.00 e. The Morgan fingerprint density at radius 1 is 1.08 bits per heavy atom. The van der Waals surface area contributed by atoms with Crippen molar-refractivity contribution >= 4 is 5.97 Å². The number of hydrogen-bond acceptors (Lipinski definition) is 3. The molecule has 0 heterocycles. The average molecular weight is 420 g/mol. The molecule has 0 aromatic heterocycles. The van der Waals surface area contributed by atoms with E-state index in [-0.39, 0.29) is 23.6 Å². The Kier molecular flexibility index (Phi) is 8.21. The first kappa shape index (κ1) is 22.1. The zero-order valence-electron chi connectivity index (χ0n) is 15.3. The maximum Gasteiger partial charge on any atom is 0.347 e. The van der Waals surface area contributed by atoms with Crippen molar-refractivity contribution in [1.29, 1.82) is 0 Å². The molecule has 0 unspecified atom stereocenters. The molecule has 0 aliphatic carbocycles. The van der Waals surface area contributed by atoms with Gasteiger partial charge in [0.25, 0.3) is 0 Å². The number of carbonyl (C=O) groups excluding carboxylic acids is 1. The Balaban J connectivity index is 0.00000338. The van der Waals surface area contributed by atoms with Crippen LogP contribution in [0, 0.1) is 0 Å². The van der Waals surface area contributed by atoms with Crippen LogP contribution in [0.15, 0.2) is 73.3 Å². The first-order chi connectivity index (χ1) is 11.9. The molecule has 0 radical (unpaired) electrons. The van der Waals surface area contributed by atoms with Crippen LogP contribution >= 0.6 is 0 Å². The topological polar surface area (TPSA) is 46.5 Å². The molecule has 0 aliphatic heterocycles. The van der Waals surface area contributed by atoms with E-state index in [0.29, 0.717) is 22.2 Å². The number of nitrogens with zero attached hydrogens (tertiary/aromatic N) is 1. The van der Waals surface area contributed by atoms with E-state index in [0.717, 1.165) is 6.54 Å². The summed E-state index contributed by atoms with van der Waals surface area (Å²) in [4.78, 5) is 12.8. The van der Waals surface area contributed by atoms with E-state index < -0.39 is 11.6 Å². The van der Waals surface area contributed by atoms with E-state index in [1.54, 1.807) is 48.5 Å². The summed E-state index contributed by atoms with van der Waals surface area (Å²) < 4.78 is 6.12. The molecule has 0 saturated carbocycles. The van der Waals surface area contributed by atoms with E-state index in [1.165, 1.54) is 0 Å². The summed E-state index contributed by atoms with van der Waals surface area (Å²) in [6.07, 6.45) is 1.84. The lowest BCUT2D eigenvalue weighted by Gasteiger charge is -2.30. The minimum Gasteiger partial charge on any atom is -1.00 e. The van der Waals surface area contributed by atoms with Crippen molar-refractivity contribution in [2.24, 2.45) is 0 Å². The molecule has 0 spiro atoms. The highest BCUT2D eigenvalue weighted by molar-refractivity contribution is 5.85. The number of esters is 1. The van der Waals surface area contributed by atoms with Crippen molar-refractivity contribution in [3.05, 3.63) is 84.4 Å². The van der Waals surface area contributed by atoms with E-state index in [4.69, 9.17) is 4.74 Å². The molecule has 2 rings (SSSR count). The smallest absolute Gasteiger partial charge is 0.347 e. The van der Waals surface area contributed by atoms with Crippen molar-refractivity contribution < 1.29 is 36.1 Å². The molecular weight excluding hydrogens is 394 g/mol. The fourth-order valence-electron chi connectivity index (χ4n) is 2.69. The quantitative estimate of drug-likeness (QED) is 0.364. The fourth-order valence-corrected chi connectivity index (χ4v) is 2.69. The molecule has 2 aromatic rings. The molecule has 2 aromatic carbocycles. The van der Waals surface area contributed by atoms with Crippen LogP contribution < -0.4 is 17.0 Å². The van der Waals surface area contributed by atoms with E-state index >= 15 is 0 Å². The van der Waals surface area contributed by atoms with Crippen molar-refractivity contribution in [2.45, 2.75) is 5.60 Å². The summed E-state index contributed by atoms with van der Waals surface area (Å²) in [6, 6.07) is 17.8. The molecule has 0 bridgehead atoms. The van der Waals surface area contributed by atoms with Crippen molar-refractivity contribution in [3.63, 3.8) is 0 Å². The van der Waals surface area contributed by atoms with Crippen LogP contribution in [0.1, 0.15) is 11.1 Å². The second-order valence-electron chi connectivity index (χ2n) is 6.71. The Bertz CT molecular complexity index is 662. The van der Waals surface area contributed by atoms with Crippen molar-refractivity contribution in [1.82, 2.24) is 0 Å². The Morgan fingerprint density at radius 2 is 1.54 bits per heavy atom. The van der Waals surface area contributed by atoms with Gasteiger partial charge in [-0.25, -0.2) is 4.79 Å². The standard InChI is InChI=1S/C21H26NO3.BrH/c1-4-15-22(2,3)16-17-25-20(23)21(24,18-11-7-5-8-12-18)19-13-9-6-10-14-19;/h4-14,24H,1,15-17H2,2-3H3;1H/q+1;/p-1. The molecule has 0 aliphatic rings. The first-order valence-corrected chi connectivity index (χ1v) is 8.34. The lowest BCUT2D eigenvalue weighted by molar-refractivity contribution is -0.884. The predicted octanol–water partition coefficient (Wildman–Crippen LogP) is -0.268.